The van der Waals surface area contributed by atoms with Gasteiger partial charge in [0.2, 0.25) is 0 Å². The third-order valence-electron chi connectivity index (χ3n) is 14.8. The first-order chi connectivity index (χ1) is 32.7. The molecule has 0 fully saturated rings. The molecular weight excluding hydrogens is 975 g/mol. The Balaban J connectivity index is 0.00000206. The minimum atomic E-state index is -3.45. The summed E-state index contributed by atoms with van der Waals surface area (Å²) in [5.74, 6) is 0. The molecule has 0 spiro atoms. The second-order valence-corrected chi connectivity index (χ2v) is 22.1. The van der Waals surface area contributed by atoms with Crippen LogP contribution >= 0.6 is 0 Å². The number of halogens is 3. The van der Waals surface area contributed by atoms with Crippen molar-refractivity contribution < 1.29 is 58.9 Å². The van der Waals surface area contributed by atoms with E-state index < -0.39 is 8.07 Å². The predicted molar refractivity (Wildman–Crippen MR) is 291 cm³/mol. The first-order valence-corrected chi connectivity index (χ1v) is 25.7. The van der Waals surface area contributed by atoms with Gasteiger partial charge in [0.25, 0.3) is 0 Å². The van der Waals surface area contributed by atoms with Crippen molar-refractivity contribution in [3.05, 3.63) is 257 Å². The predicted octanol–water partition coefficient (Wildman–Crippen LogP) is 5.95. The van der Waals surface area contributed by atoms with Gasteiger partial charge in [-0.15, -0.1) is 0 Å². The number of rotatable bonds is 10. The van der Waals surface area contributed by atoms with Gasteiger partial charge in [0.05, 0.1) is 0 Å². The van der Waals surface area contributed by atoms with Crippen molar-refractivity contribution in [2.75, 3.05) is 0 Å². The van der Waals surface area contributed by atoms with Crippen LogP contribution in [0, 0.1) is 48.5 Å². The maximum atomic E-state index is 2.61. The summed E-state index contributed by atoms with van der Waals surface area (Å²) in [6, 6.07) is 82.1. The van der Waals surface area contributed by atoms with Crippen LogP contribution in [0.25, 0.3) is 66.8 Å². The molecule has 0 aliphatic heterocycles. The molecule has 0 radical (unpaired) electrons. The van der Waals surface area contributed by atoms with Crippen molar-refractivity contribution in [3.63, 3.8) is 0 Å². The number of hydrogen-bond acceptors (Lipinski definition) is 0. The van der Waals surface area contributed by atoms with Gasteiger partial charge in [-0.3, -0.25) is 0 Å². The van der Waals surface area contributed by atoms with Crippen LogP contribution in [-0.2, 0) is 21.7 Å². The summed E-state index contributed by atoms with van der Waals surface area (Å²) in [4.78, 5) is 0. The fourth-order valence-corrected chi connectivity index (χ4v) is 16.5. The molecule has 0 aliphatic carbocycles. The molecule has 10 aromatic carbocycles. The molecule has 71 heavy (non-hydrogen) atoms. The van der Waals surface area contributed by atoms with Crippen molar-refractivity contribution in [1.82, 2.24) is 0 Å². The van der Waals surface area contributed by atoms with Crippen LogP contribution in [0.3, 0.4) is 0 Å². The quantitative estimate of drug-likeness (QED) is 0.0904. The Kier molecular flexibility index (Phi) is 17.7. The number of hydrogen-bond donors (Lipinski definition) is 0. The summed E-state index contributed by atoms with van der Waals surface area (Å²) in [6.07, 6.45) is 0. The monoisotopic (exact) mass is 1030 g/mol. The summed E-state index contributed by atoms with van der Waals surface area (Å²) in [5, 5.41) is 5.59. The molecule has 0 aromatic heterocycles. The van der Waals surface area contributed by atoms with E-state index in [0.717, 1.165) is 0 Å². The minimum Gasteiger partial charge on any atom is -1.00 e. The third-order valence-corrected chi connectivity index (χ3v) is 19.8. The van der Waals surface area contributed by atoms with E-state index >= 15 is 0 Å². The SMILES string of the molecule is Cc1c(-c2ccccc2)cc([Si](c2cc(-c3ccccc3)c(C)c(-c3ccccc3)c2)(c2cc(-c3ccccc3)c(C)c(-c3ccccc3)c2)c2c(C)c(C)c(C)[c-]2C)cc1-c1ccccc1.[Cl-].[Cl-].[Cl-].[Ti+4]. The van der Waals surface area contributed by atoms with Crippen LogP contribution in [0.2, 0.25) is 0 Å². The molecular formula is C66H57Cl3SiTi. The van der Waals surface area contributed by atoms with Crippen LogP contribution in [0.15, 0.2) is 218 Å². The van der Waals surface area contributed by atoms with Gasteiger partial charge in [-0.2, -0.15) is 27.4 Å². The average Bonchev–Trinajstić information content (AvgIpc) is 3.57. The van der Waals surface area contributed by atoms with Gasteiger partial charge in [0.1, 0.15) is 0 Å². The summed E-state index contributed by atoms with van der Waals surface area (Å²) in [7, 11) is -3.45. The average molecular weight is 1030 g/mol. The summed E-state index contributed by atoms with van der Waals surface area (Å²) in [5.41, 5.74) is 24.3. The molecule has 0 amide bonds. The molecule has 0 atom stereocenters. The maximum Gasteiger partial charge on any atom is 4.00 e. The second kappa shape index (κ2) is 23.1. The van der Waals surface area contributed by atoms with Crippen molar-refractivity contribution in [2.24, 2.45) is 0 Å². The van der Waals surface area contributed by atoms with Gasteiger partial charge >= 0.3 is 21.7 Å². The molecule has 0 unspecified atom stereocenters. The van der Waals surface area contributed by atoms with E-state index in [1.807, 2.05) is 0 Å². The van der Waals surface area contributed by atoms with E-state index in [4.69, 9.17) is 0 Å². The standard InChI is InChI=1S/C66H57Si.3ClH.Ti/c1-44-45(2)47(4)66(46(44)3)67(57-38-60(51-26-14-8-15-27-51)48(5)61(39-57)52-28-16-9-17-29-52,58-40-62(53-30-18-10-19-31-53)49(6)63(41-58)54-32-20-11-21-33-54)59-42-64(55-34-22-12-23-35-55)50(7)65(43-59)56-36-24-13-25-37-56;;;;/h8-43H,1-7H3;3*1H;/q-1;;;;+4/p-3. The first kappa shape index (κ1) is 54.5. The molecule has 10 aromatic rings. The van der Waals surface area contributed by atoms with Crippen molar-refractivity contribution >= 4 is 28.8 Å². The van der Waals surface area contributed by atoms with Crippen LogP contribution < -0.4 is 58.0 Å². The fourth-order valence-electron chi connectivity index (χ4n) is 11.0. The molecule has 10 rings (SSSR count). The van der Waals surface area contributed by atoms with E-state index in [2.05, 4.69) is 267 Å². The van der Waals surface area contributed by atoms with Gasteiger partial charge in [0.15, 0.2) is 8.07 Å². The van der Waals surface area contributed by atoms with Crippen molar-refractivity contribution in [1.29, 1.82) is 0 Å². The van der Waals surface area contributed by atoms with E-state index in [0.29, 0.717) is 0 Å². The Morgan fingerprint density at radius 3 is 0.648 bits per heavy atom. The van der Waals surface area contributed by atoms with Crippen LogP contribution in [0.1, 0.15) is 38.9 Å². The fraction of sp³-hybridized carbons (Fsp3) is 0.106. The van der Waals surface area contributed by atoms with Gasteiger partial charge in [0, 0.05) is 0 Å². The molecule has 0 aliphatic rings. The zero-order valence-electron chi connectivity index (χ0n) is 41.4. The molecule has 0 saturated heterocycles. The topological polar surface area (TPSA) is 0 Å². The van der Waals surface area contributed by atoms with Crippen LogP contribution in [0.5, 0.6) is 0 Å². The maximum absolute atomic E-state index is 3.45. The normalized spacial score (nSPS) is 10.9. The zero-order chi connectivity index (χ0) is 46.2. The Morgan fingerprint density at radius 2 is 0.479 bits per heavy atom. The Hall–Kier alpha value is -5.87. The zero-order valence-corrected chi connectivity index (χ0v) is 46.2. The molecule has 0 nitrogen and oxygen atoms in total. The van der Waals surface area contributed by atoms with Crippen molar-refractivity contribution in [3.8, 4) is 66.8 Å². The molecule has 0 N–H and O–H groups in total. The van der Waals surface area contributed by atoms with Crippen molar-refractivity contribution in [2.45, 2.75) is 48.5 Å². The van der Waals surface area contributed by atoms with Crippen LogP contribution in [0.4, 0.5) is 0 Å². The molecule has 0 heterocycles. The molecule has 5 heteroatoms. The van der Waals surface area contributed by atoms with Gasteiger partial charge in [-0.1, -0.05) is 246 Å². The smallest absolute Gasteiger partial charge is 1.00 e. The van der Waals surface area contributed by atoms with Crippen LogP contribution in [-0.4, -0.2) is 8.07 Å². The summed E-state index contributed by atoms with van der Waals surface area (Å²) >= 11 is 0. The summed E-state index contributed by atoms with van der Waals surface area (Å²) < 4.78 is 0. The molecule has 0 saturated carbocycles. The minimum absolute atomic E-state index is 0. The van der Waals surface area contributed by atoms with E-state index in [1.165, 1.54) is 126 Å². The molecule has 0 bridgehead atoms. The second-order valence-electron chi connectivity index (χ2n) is 18.4. The van der Waals surface area contributed by atoms with E-state index in [1.54, 1.807) is 0 Å². The Morgan fingerprint density at radius 1 is 0.282 bits per heavy atom. The number of benzene rings is 9. The van der Waals surface area contributed by atoms with Gasteiger partial charge in [-0.05, 0) is 120 Å². The Labute approximate surface area is 456 Å². The van der Waals surface area contributed by atoms with E-state index in [9.17, 15) is 0 Å². The first-order valence-electron chi connectivity index (χ1n) is 23.7. The molecule has 350 valence electrons. The third kappa shape index (κ3) is 9.90. The van der Waals surface area contributed by atoms with E-state index in [-0.39, 0.29) is 58.9 Å². The van der Waals surface area contributed by atoms with Gasteiger partial charge < -0.3 is 37.2 Å². The Bertz CT molecular complexity index is 2860. The summed E-state index contributed by atoms with van der Waals surface area (Å²) in [6.45, 7) is 16.5. The van der Waals surface area contributed by atoms with Gasteiger partial charge in [-0.25, -0.2) is 0 Å². The largest absolute Gasteiger partial charge is 4.00 e.